The zero-order chi connectivity index (χ0) is 21.3. The molecule has 0 fully saturated rings. The van der Waals surface area contributed by atoms with Crippen LogP contribution in [0.5, 0.6) is 5.75 Å². The molecule has 3 aromatic rings. The zero-order valence-corrected chi connectivity index (χ0v) is 17.1. The quantitative estimate of drug-likeness (QED) is 0.418. The molecule has 2 aromatic carbocycles. The van der Waals surface area contributed by atoms with E-state index in [1.165, 1.54) is 29.5 Å². The maximum atomic E-state index is 12.9. The molecule has 3 rings (SSSR count). The molecule has 0 saturated heterocycles. The Bertz CT molecular complexity index is 1070. The summed E-state index contributed by atoms with van der Waals surface area (Å²) >= 11 is 1.30. The third-order valence-corrected chi connectivity index (χ3v) is 4.92. The second kappa shape index (κ2) is 10.3. The first-order valence-corrected chi connectivity index (χ1v) is 10.1. The molecule has 1 heterocycles. The number of carbonyl (C=O) groups is 1. The molecule has 8 heteroatoms. The van der Waals surface area contributed by atoms with E-state index in [0.717, 1.165) is 23.4 Å². The van der Waals surface area contributed by atoms with E-state index in [1.54, 1.807) is 36.4 Å². The summed E-state index contributed by atoms with van der Waals surface area (Å²) < 4.78 is 18.6. The molecule has 1 N–H and O–H groups in total. The molecular weight excluding hydrogens is 403 g/mol. The van der Waals surface area contributed by atoms with Gasteiger partial charge in [0.15, 0.2) is 0 Å². The van der Waals surface area contributed by atoms with Crippen molar-refractivity contribution in [1.82, 2.24) is 10.2 Å². The number of halogens is 1. The fraction of sp³-hybridized carbons (Fsp3) is 0.182. The summed E-state index contributed by atoms with van der Waals surface area (Å²) in [7, 11) is 0. The summed E-state index contributed by atoms with van der Waals surface area (Å²) in [6.07, 6.45) is 3.23. The smallest absolute Gasteiger partial charge is 0.268 e. The number of benzene rings is 2. The van der Waals surface area contributed by atoms with Crippen LogP contribution in [0.4, 0.5) is 9.52 Å². The first-order valence-electron chi connectivity index (χ1n) is 9.30. The average molecular weight is 422 g/mol. The van der Waals surface area contributed by atoms with Crippen molar-refractivity contribution in [3.63, 3.8) is 0 Å². The van der Waals surface area contributed by atoms with Crippen LogP contribution in [0.3, 0.4) is 0 Å². The van der Waals surface area contributed by atoms with Gasteiger partial charge in [-0.3, -0.25) is 10.1 Å². The van der Waals surface area contributed by atoms with Crippen LogP contribution in [0.25, 0.3) is 6.08 Å². The van der Waals surface area contributed by atoms with Gasteiger partial charge in [0.1, 0.15) is 34.8 Å². The van der Waals surface area contributed by atoms with Crippen LogP contribution in [0, 0.1) is 17.1 Å². The van der Waals surface area contributed by atoms with E-state index < -0.39 is 5.91 Å². The Morgan fingerprint density at radius 1 is 1.20 bits per heavy atom. The van der Waals surface area contributed by atoms with Gasteiger partial charge in [0, 0.05) is 6.42 Å². The van der Waals surface area contributed by atoms with Gasteiger partial charge in [0.05, 0.1) is 0 Å². The molecule has 30 heavy (non-hydrogen) atoms. The molecule has 0 saturated carbocycles. The number of aryl methyl sites for hydroxylation is 1. The van der Waals surface area contributed by atoms with Crippen LogP contribution >= 0.6 is 11.3 Å². The van der Waals surface area contributed by atoms with Gasteiger partial charge in [-0.25, -0.2) is 4.39 Å². The number of anilines is 1. The maximum absolute atomic E-state index is 12.9. The third kappa shape index (κ3) is 5.96. The highest BCUT2D eigenvalue weighted by Gasteiger charge is 2.12. The molecule has 1 aromatic heterocycles. The number of hydrogen-bond acceptors (Lipinski definition) is 6. The van der Waals surface area contributed by atoms with Crippen LogP contribution in [-0.2, 0) is 17.8 Å². The number of rotatable bonds is 8. The Morgan fingerprint density at radius 2 is 1.93 bits per heavy atom. The van der Waals surface area contributed by atoms with Gasteiger partial charge in [-0.2, -0.15) is 5.26 Å². The zero-order valence-electron chi connectivity index (χ0n) is 16.3. The number of hydrogen-bond donors (Lipinski definition) is 1. The minimum atomic E-state index is -0.534. The van der Waals surface area contributed by atoms with Gasteiger partial charge in [-0.1, -0.05) is 42.5 Å². The highest BCUT2D eigenvalue weighted by Crippen LogP contribution is 2.19. The molecule has 6 nitrogen and oxygen atoms in total. The fourth-order valence-electron chi connectivity index (χ4n) is 2.51. The van der Waals surface area contributed by atoms with E-state index in [2.05, 4.69) is 15.5 Å². The maximum Gasteiger partial charge on any atom is 0.268 e. The number of carbonyl (C=O) groups excluding carboxylic acids is 1. The molecule has 0 aliphatic heterocycles. The SMILES string of the molecule is CCCc1nnc(NC(=O)/C(C#N)=C\c2ccc(OCc3ccc(F)cc3)cc2)s1. The number of nitriles is 1. The van der Waals surface area contributed by atoms with E-state index >= 15 is 0 Å². The van der Waals surface area contributed by atoms with E-state index in [9.17, 15) is 14.4 Å². The van der Waals surface area contributed by atoms with Gasteiger partial charge in [-0.15, -0.1) is 10.2 Å². The molecule has 152 valence electrons. The summed E-state index contributed by atoms with van der Waals surface area (Å²) in [5.74, 6) is -0.204. The van der Waals surface area contributed by atoms with Gasteiger partial charge < -0.3 is 4.74 Å². The molecule has 1 amide bonds. The predicted octanol–water partition coefficient (Wildman–Crippen LogP) is 4.75. The van der Waals surface area contributed by atoms with Gasteiger partial charge in [0.25, 0.3) is 5.91 Å². The second-order valence-electron chi connectivity index (χ2n) is 6.36. The second-order valence-corrected chi connectivity index (χ2v) is 7.42. The highest BCUT2D eigenvalue weighted by atomic mass is 32.1. The molecule has 0 spiro atoms. The predicted molar refractivity (Wildman–Crippen MR) is 113 cm³/mol. The Morgan fingerprint density at radius 3 is 2.60 bits per heavy atom. The van der Waals surface area contributed by atoms with Crippen molar-refractivity contribution >= 4 is 28.5 Å². The first kappa shape index (κ1) is 21.1. The van der Waals surface area contributed by atoms with Crippen LogP contribution in [0.15, 0.2) is 54.1 Å². The normalized spacial score (nSPS) is 11.0. The fourth-order valence-corrected chi connectivity index (χ4v) is 3.34. The van der Waals surface area contributed by atoms with Crippen molar-refractivity contribution < 1.29 is 13.9 Å². The number of aromatic nitrogens is 2. The van der Waals surface area contributed by atoms with E-state index in [-0.39, 0.29) is 11.4 Å². The highest BCUT2D eigenvalue weighted by molar-refractivity contribution is 7.15. The lowest BCUT2D eigenvalue weighted by Gasteiger charge is -2.07. The van der Waals surface area contributed by atoms with Crippen molar-refractivity contribution in [2.75, 3.05) is 5.32 Å². The standard InChI is InChI=1S/C22H19FN4O2S/c1-2-3-20-26-27-22(30-20)25-21(28)17(13-24)12-15-6-10-19(11-7-15)29-14-16-4-8-18(23)9-5-16/h4-12H,2-3,14H2,1H3,(H,25,27,28)/b17-12-. The summed E-state index contributed by atoms with van der Waals surface area (Å²) in [5.41, 5.74) is 1.49. The van der Waals surface area contributed by atoms with Gasteiger partial charge >= 0.3 is 0 Å². The summed E-state index contributed by atoms with van der Waals surface area (Å²) in [5, 5.41) is 21.1. The lowest BCUT2D eigenvalue weighted by Crippen LogP contribution is -2.13. The summed E-state index contributed by atoms with van der Waals surface area (Å²) in [4.78, 5) is 12.4. The molecule has 0 atom stereocenters. The Balaban J connectivity index is 1.61. The summed E-state index contributed by atoms with van der Waals surface area (Å²) in [6, 6.07) is 15.0. The number of nitrogens with one attached hydrogen (secondary N) is 1. The van der Waals surface area contributed by atoms with Crippen LogP contribution in [0.1, 0.15) is 29.5 Å². The van der Waals surface area contributed by atoms with Crippen molar-refractivity contribution in [2.24, 2.45) is 0 Å². The van der Waals surface area contributed by atoms with Crippen molar-refractivity contribution in [3.05, 3.63) is 76.1 Å². The third-order valence-electron chi connectivity index (χ3n) is 4.03. The van der Waals surface area contributed by atoms with Crippen molar-refractivity contribution in [2.45, 2.75) is 26.4 Å². The lowest BCUT2D eigenvalue weighted by atomic mass is 10.1. The van der Waals surface area contributed by atoms with Crippen LogP contribution < -0.4 is 10.1 Å². The number of nitrogens with zero attached hydrogens (tertiary/aromatic N) is 3. The minimum Gasteiger partial charge on any atom is -0.489 e. The summed E-state index contributed by atoms with van der Waals surface area (Å²) in [6.45, 7) is 2.35. The largest absolute Gasteiger partial charge is 0.489 e. The number of ether oxygens (including phenoxy) is 1. The van der Waals surface area contributed by atoms with E-state index in [0.29, 0.717) is 23.1 Å². The van der Waals surface area contributed by atoms with Crippen molar-refractivity contribution in [3.8, 4) is 11.8 Å². The van der Waals surface area contributed by atoms with Gasteiger partial charge in [0.2, 0.25) is 5.13 Å². The molecule has 0 aliphatic rings. The Hall–Kier alpha value is -3.57. The molecule has 0 bridgehead atoms. The molecule has 0 unspecified atom stereocenters. The number of amides is 1. The monoisotopic (exact) mass is 422 g/mol. The topological polar surface area (TPSA) is 87.9 Å². The Kier molecular flexibility index (Phi) is 7.24. The first-order chi connectivity index (χ1) is 14.6. The molecular formula is C22H19FN4O2S. The lowest BCUT2D eigenvalue weighted by molar-refractivity contribution is -0.112. The van der Waals surface area contributed by atoms with Crippen LogP contribution in [0.2, 0.25) is 0 Å². The van der Waals surface area contributed by atoms with Gasteiger partial charge in [-0.05, 0) is 47.9 Å². The van der Waals surface area contributed by atoms with Crippen molar-refractivity contribution in [1.29, 1.82) is 5.26 Å². The Labute approximate surface area is 177 Å². The molecule has 0 radical (unpaired) electrons. The van der Waals surface area contributed by atoms with E-state index in [4.69, 9.17) is 4.74 Å². The van der Waals surface area contributed by atoms with Crippen LogP contribution in [-0.4, -0.2) is 16.1 Å². The van der Waals surface area contributed by atoms with E-state index in [1.807, 2.05) is 13.0 Å². The average Bonchev–Trinajstić information content (AvgIpc) is 3.19. The minimum absolute atomic E-state index is 0.0396. The molecule has 0 aliphatic carbocycles.